The summed E-state index contributed by atoms with van der Waals surface area (Å²) in [5, 5.41) is 34.6. The highest BCUT2D eigenvalue weighted by Crippen LogP contribution is 2.40. The van der Waals surface area contributed by atoms with Gasteiger partial charge in [0.2, 0.25) is 0 Å². The van der Waals surface area contributed by atoms with E-state index in [0.717, 1.165) is 77.2 Å². The molecular formula is C45H25N5. The van der Waals surface area contributed by atoms with Crippen LogP contribution in [0.1, 0.15) is 16.7 Å². The molecule has 0 aliphatic rings. The van der Waals surface area contributed by atoms with Crippen molar-refractivity contribution in [2.45, 2.75) is 0 Å². The second kappa shape index (κ2) is 11.4. The maximum Gasteiger partial charge on any atom is 0.102 e. The number of rotatable bonds is 4. The monoisotopic (exact) mass is 635 g/mol. The summed E-state index contributed by atoms with van der Waals surface area (Å²) in [6.45, 7) is 0. The van der Waals surface area contributed by atoms with Gasteiger partial charge in [-0.1, -0.05) is 91.0 Å². The number of hydrogen-bond donors (Lipinski definition) is 0. The van der Waals surface area contributed by atoms with Crippen molar-refractivity contribution in [1.82, 2.24) is 9.13 Å². The average Bonchev–Trinajstić information content (AvgIpc) is 3.70. The van der Waals surface area contributed by atoms with Gasteiger partial charge in [0.15, 0.2) is 0 Å². The fourth-order valence-corrected chi connectivity index (χ4v) is 7.45. The lowest BCUT2D eigenvalue weighted by Crippen LogP contribution is -2.00. The first-order chi connectivity index (χ1) is 24.7. The molecule has 9 rings (SSSR count). The lowest BCUT2D eigenvalue weighted by Gasteiger charge is -2.16. The quantitative estimate of drug-likeness (QED) is 0.193. The maximum atomic E-state index is 10.8. The van der Waals surface area contributed by atoms with E-state index in [0.29, 0.717) is 16.7 Å². The zero-order valence-corrected chi connectivity index (χ0v) is 26.7. The van der Waals surface area contributed by atoms with Gasteiger partial charge < -0.3 is 9.13 Å². The predicted molar refractivity (Wildman–Crippen MR) is 200 cm³/mol. The first-order valence-electron chi connectivity index (χ1n) is 16.3. The topological polar surface area (TPSA) is 81.2 Å². The normalized spacial score (nSPS) is 11.1. The van der Waals surface area contributed by atoms with E-state index in [-0.39, 0.29) is 0 Å². The highest BCUT2D eigenvalue weighted by atomic mass is 15.0. The van der Waals surface area contributed by atoms with Crippen LogP contribution in [0.3, 0.4) is 0 Å². The van der Waals surface area contributed by atoms with Gasteiger partial charge in [0.05, 0.1) is 62.3 Å². The predicted octanol–water partition coefficient (Wildman–Crippen LogP) is 10.8. The largest absolute Gasteiger partial charge is 0.309 e. The first-order valence-corrected chi connectivity index (χ1v) is 16.3. The average molecular weight is 636 g/mol. The maximum absolute atomic E-state index is 10.8. The molecule has 0 aliphatic heterocycles. The molecule has 2 heterocycles. The lowest BCUT2D eigenvalue weighted by molar-refractivity contribution is 1.17. The summed E-state index contributed by atoms with van der Waals surface area (Å²) in [4.78, 5) is 0. The van der Waals surface area contributed by atoms with Gasteiger partial charge in [0, 0.05) is 32.7 Å². The number of nitriles is 3. The Kier molecular flexibility index (Phi) is 6.56. The highest BCUT2D eigenvalue weighted by molar-refractivity contribution is 6.11. The van der Waals surface area contributed by atoms with Crippen LogP contribution in [0.25, 0.3) is 77.2 Å². The standard InChI is InChI=1S/C45H25N5/c46-26-29-20-22-44-38(23-29)37-13-3-6-17-42(37)49(44)43-18-8-14-33(39(43)28-48)31-9-7-10-32(25-31)34-21-19-30(27-47)24-45(34)50-40-15-4-1-11-35(40)36-12-2-5-16-41(36)50/h1-25H. The number of aromatic nitrogens is 2. The van der Waals surface area contributed by atoms with E-state index in [1.807, 2.05) is 91.0 Å². The SMILES string of the molecule is N#Cc1ccc(-c2cccc(-c3cccc(-n4c5ccccc5c5cc(C#N)ccc54)c3C#N)c2)c(-n2c3ccccc3c3ccccc32)c1. The van der Waals surface area contributed by atoms with Crippen LogP contribution in [0.4, 0.5) is 0 Å². The minimum atomic E-state index is 0.555. The number of nitrogens with zero attached hydrogens (tertiary/aromatic N) is 5. The van der Waals surface area contributed by atoms with Gasteiger partial charge in [-0.15, -0.1) is 0 Å². The Morgan fingerprint density at radius 1 is 0.360 bits per heavy atom. The summed E-state index contributed by atoms with van der Waals surface area (Å²) in [6, 6.07) is 57.7. The minimum absolute atomic E-state index is 0.555. The van der Waals surface area contributed by atoms with Crippen molar-refractivity contribution in [2.75, 3.05) is 0 Å². The Labute approximate surface area is 287 Å². The molecule has 0 atom stereocenters. The van der Waals surface area contributed by atoms with E-state index >= 15 is 0 Å². The van der Waals surface area contributed by atoms with E-state index in [4.69, 9.17) is 0 Å². The zero-order chi connectivity index (χ0) is 33.8. The Balaban J connectivity index is 1.26. The molecule has 0 bridgehead atoms. The summed E-state index contributed by atoms with van der Waals surface area (Å²) in [5.41, 5.74) is 11.1. The Morgan fingerprint density at radius 2 is 0.880 bits per heavy atom. The Hall–Kier alpha value is -7.39. The van der Waals surface area contributed by atoms with Crippen molar-refractivity contribution in [3.63, 3.8) is 0 Å². The van der Waals surface area contributed by atoms with Gasteiger partial charge in [-0.05, 0) is 71.8 Å². The van der Waals surface area contributed by atoms with Gasteiger partial charge in [-0.3, -0.25) is 0 Å². The van der Waals surface area contributed by atoms with Crippen LogP contribution in [0.5, 0.6) is 0 Å². The molecule has 0 spiro atoms. The molecule has 9 aromatic rings. The number of benzene rings is 7. The summed E-state index contributed by atoms with van der Waals surface area (Å²) in [5.74, 6) is 0. The van der Waals surface area contributed by atoms with E-state index in [1.165, 1.54) is 0 Å². The Morgan fingerprint density at radius 3 is 1.52 bits per heavy atom. The molecule has 2 aromatic heterocycles. The third-order valence-electron chi connectivity index (χ3n) is 9.63. The minimum Gasteiger partial charge on any atom is -0.309 e. The summed E-state index contributed by atoms with van der Waals surface area (Å²) in [7, 11) is 0. The second-order valence-electron chi connectivity index (χ2n) is 12.3. The molecule has 0 radical (unpaired) electrons. The molecule has 0 amide bonds. The molecular weight excluding hydrogens is 611 g/mol. The molecule has 5 nitrogen and oxygen atoms in total. The van der Waals surface area contributed by atoms with Crippen LogP contribution in [0.2, 0.25) is 0 Å². The third kappa shape index (κ3) is 4.31. The lowest BCUT2D eigenvalue weighted by atomic mass is 9.94. The van der Waals surface area contributed by atoms with E-state index in [1.54, 1.807) is 0 Å². The molecule has 0 N–H and O–H groups in total. The molecule has 230 valence electrons. The van der Waals surface area contributed by atoms with Gasteiger partial charge in [0.1, 0.15) is 6.07 Å². The van der Waals surface area contributed by atoms with Crippen molar-refractivity contribution in [3.05, 3.63) is 168 Å². The van der Waals surface area contributed by atoms with Crippen LogP contribution in [-0.4, -0.2) is 9.13 Å². The summed E-state index contributed by atoms with van der Waals surface area (Å²) < 4.78 is 4.37. The van der Waals surface area contributed by atoms with Crippen LogP contribution in [0, 0.1) is 34.0 Å². The van der Waals surface area contributed by atoms with Crippen molar-refractivity contribution < 1.29 is 0 Å². The molecule has 0 unspecified atom stereocenters. The molecule has 50 heavy (non-hydrogen) atoms. The van der Waals surface area contributed by atoms with E-state index in [2.05, 4.69) is 88.0 Å². The van der Waals surface area contributed by atoms with E-state index < -0.39 is 0 Å². The molecule has 0 saturated carbocycles. The second-order valence-corrected chi connectivity index (χ2v) is 12.3. The van der Waals surface area contributed by atoms with Crippen LogP contribution >= 0.6 is 0 Å². The first kappa shape index (κ1) is 28.8. The van der Waals surface area contributed by atoms with Crippen LogP contribution in [0.15, 0.2) is 152 Å². The molecule has 0 saturated heterocycles. The van der Waals surface area contributed by atoms with Gasteiger partial charge >= 0.3 is 0 Å². The Bertz CT molecular complexity index is 2920. The van der Waals surface area contributed by atoms with Crippen LogP contribution < -0.4 is 0 Å². The molecule has 0 fully saturated rings. The fraction of sp³-hybridized carbons (Fsp3) is 0. The number of para-hydroxylation sites is 3. The smallest absolute Gasteiger partial charge is 0.102 e. The molecule has 0 aliphatic carbocycles. The van der Waals surface area contributed by atoms with Crippen molar-refractivity contribution in [1.29, 1.82) is 15.8 Å². The summed E-state index contributed by atoms with van der Waals surface area (Å²) >= 11 is 0. The fourth-order valence-electron chi connectivity index (χ4n) is 7.45. The van der Waals surface area contributed by atoms with Crippen molar-refractivity contribution in [2.24, 2.45) is 0 Å². The van der Waals surface area contributed by atoms with E-state index in [9.17, 15) is 15.8 Å². The number of fused-ring (bicyclic) bond motifs is 6. The molecule has 5 heteroatoms. The van der Waals surface area contributed by atoms with Gasteiger partial charge in [-0.2, -0.15) is 15.8 Å². The highest BCUT2D eigenvalue weighted by Gasteiger charge is 2.20. The van der Waals surface area contributed by atoms with Gasteiger partial charge in [-0.25, -0.2) is 0 Å². The van der Waals surface area contributed by atoms with Crippen molar-refractivity contribution >= 4 is 43.6 Å². The molecule has 7 aromatic carbocycles. The third-order valence-corrected chi connectivity index (χ3v) is 9.63. The van der Waals surface area contributed by atoms with Crippen LogP contribution in [-0.2, 0) is 0 Å². The summed E-state index contributed by atoms with van der Waals surface area (Å²) in [6.07, 6.45) is 0. The van der Waals surface area contributed by atoms with Crippen molar-refractivity contribution in [3.8, 4) is 51.8 Å². The number of hydrogen-bond acceptors (Lipinski definition) is 3. The zero-order valence-electron chi connectivity index (χ0n) is 26.7. The van der Waals surface area contributed by atoms with Gasteiger partial charge in [0.25, 0.3) is 0 Å².